The molecule has 0 bridgehead atoms. The zero-order chi connectivity index (χ0) is 13.1. The van der Waals surface area contributed by atoms with Crippen LogP contribution >= 0.6 is 0 Å². The van der Waals surface area contributed by atoms with Crippen LogP contribution in [0.2, 0.25) is 0 Å². The van der Waals surface area contributed by atoms with Crippen LogP contribution in [-0.2, 0) is 9.59 Å². The maximum atomic E-state index is 10.9. The smallest absolute Gasteiger partial charge is 0.320 e. The number of carboxylic acid groups (broad SMARTS) is 1. The molecule has 0 amide bonds. The Morgan fingerprint density at radius 2 is 2.06 bits per heavy atom. The van der Waals surface area contributed by atoms with Crippen LogP contribution in [0.1, 0.15) is 17.4 Å². The molecule has 0 spiro atoms. The topological polar surface area (TPSA) is 80.4 Å². The third kappa shape index (κ3) is 2.15. The van der Waals surface area contributed by atoms with Gasteiger partial charge in [0.2, 0.25) is 5.89 Å². The summed E-state index contributed by atoms with van der Waals surface area (Å²) in [6.07, 6.45) is 0.349. The number of aryl methyl sites for hydroxylation is 1. The van der Waals surface area contributed by atoms with E-state index >= 15 is 0 Å². The monoisotopic (exact) mass is 245 g/mol. The largest absolute Gasteiger partial charge is 0.480 e. The molecule has 0 aliphatic heterocycles. The molecule has 18 heavy (non-hydrogen) atoms. The highest BCUT2D eigenvalue weighted by atomic mass is 16.4. The summed E-state index contributed by atoms with van der Waals surface area (Å²) in [7, 11) is 0. The van der Waals surface area contributed by atoms with E-state index in [0.29, 0.717) is 17.9 Å². The van der Waals surface area contributed by atoms with Gasteiger partial charge in [-0.25, -0.2) is 4.98 Å². The number of hydrogen-bond donors (Lipinski definition) is 1. The van der Waals surface area contributed by atoms with Crippen molar-refractivity contribution < 1.29 is 19.1 Å². The number of aromatic nitrogens is 1. The number of carbonyl (C=O) groups excluding carboxylic acids is 1. The summed E-state index contributed by atoms with van der Waals surface area (Å²) in [6, 6.07) is 9.09. The van der Waals surface area contributed by atoms with E-state index in [2.05, 4.69) is 4.98 Å². The van der Waals surface area contributed by atoms with Gasteiger partial charge in [0.25, 0.3) is 0 Å². The van der Waals surface area contributed by atoms with Gasteiger partial charge in [0.1, 0.15) is 17.7 Å². The van der Waals surface area contributed by atoms with Crippen LogP contribution in [0.15, 0.2) is 34.7 Å². The van der Waals surface area contributed by atoms with Gasteiger partial charge in [0, 0.05) is 5.56 Å². The molecule has 0 fully saturated rings. The van der Waals surface area contributed by atoms with Gasteiger partial charge in [-0.05, 0) is 19.1 Å². The van der Waals surface area contributed by atoms with Crippen LogP contribution in [0.3, 0.4) is 0 Å². The fourth-order valence-electron chi connectivity index (χ4n) is 1.64. The third-order valence-electron chi connectivity index (χ3n) is 2.55. The lowest BCUT2D eigenvalue weighted by atomic mass is 10.1. The summed E-state index contributed by atoms with van der Waals surface area (Å²) in [5.74, 6) is -1.86. The minimum absolute atomic E-state index is 0.149. The molecule has 1 aromatic carbocycles. The number of oxazole rings is 1. The number of hydrogen-bond acceptors (Lipinski definition) is 4. The van der Waals surface area contributed by atoms with Crippen LogP contribution in [0.5, 0.6) is 0 Å². The average molecular weight is 245 g/mol. The SMILES string of the molecule is Cc1oc(-c2ccccc2)nc1C(C=O)C(=O)O. The summed E-state index contributed by atoms with van der Waals surface area (Å²) in [4.78, 5) is 25.8. The fraction of sp³-hybridized carbons (Fsp3) is 0.154. The first kappa shape index (κ1) is 12.0. The Morgan fingerprint density at radius 1 is 1.39 bits per heavy atom. The molecule has 1 N–H and O–H groups in total. The minimum Gasteiger partial charge on any atom is -0.480 e. The molecule has 92 valence electrons. The lowest BCUT2D eigenvalue weighted by molar-refractivity contribution is -0.140. The quantitative estimate of drug-likeness (QED) is 0.658. The minimum atomic E-state index is -1.29. The number of aldehydes is 1. The van der Waals surface area contributed by atoms with E-state index in [1.807, 2.05) is 18.2 Å². The molecule has 1 heterocycles. The first-order valence-corrected chi connectivity index (χ1v) is 5.34. The second-order valence-electron chi connectivity index (χ2n) is 3.78. The molecule has 2 aromatic rings. The summed E-state index contributed by atoms with van der Waals surface area (Å²) in [5, 5.41) is 8.92. The first-order valence-electron chi connectivity index (χ1n) is 5.34. The summed E-state index contributed by atoms with van der Waals surface area (Å²) in [6.45, 7) is 1.59. The van der Waals surface area contributed by atoms with Crippen molar-refractivity contribution in [2.45, 2.75) is 12.8 Å². The molecular formula is C13H11NO4. The van der Waals surface area contributed by atoms with E-state index in [1.165, 1.54) is 0 Å². The normalized spacial score (nSPS) is 12.1. The Morgan fingerprint density at radius 3 is 2.61 bits per heavy atom. The Kier molecular flexibility index (Phi) is 3.23. The summed E-state index contributed by atoms with van der Waals surface area (Å²) < 4.78 is 5.40. The van der Waals surface area contributed by atoms with Crippen LogP contribution in [0, 0.1) is 6.92 Å². The highest BCUT2D eigenvalue weighted by molar-refractivity contribution is 5.92. The molecule has 1 unspecified atom stereocenters. The number of rotatable bonds is 4. The van der Waals surface area contributed by atoms with Crippen molar-refractivity contribution in [1.29, 1.82) is 0 Å². The van der Waals surface area contributed by atoms with Gasteiger partial charge >= 0.3 is 5.97 Å². The van der Waals surface area contributed by atoms with Gasteiger partial charge in [-0.3, -0.25) is 4.79 Å². The Labute approximate surface area is 103 Å². The van der Waals surface area contributed by atoms with E-state index in [0.717, 1.165) is 5.56 Å². The van der Waals surface area contributed by atoms with E-state index in [-0.39, 0.29) is 5.69 Å². The van der Waals surface area contributed by atoms with Gasteiger partial charge in [-0.15, -0.1) is 0 Å². The fourth-order valence-corrected chi connectivity index (χ4v) is 1.64. The molecule has 0 saturated heterocycles. The molecule has 1 atom stereocenters. The van der Waals surface area contributed by atoms with Crippen LogP contribution in [0.25, 0.3) is 11.5 Å². The van der Waals surface area contributed by atoms with E-state index in [4.69, 9.17) is 9.52 Å². The Balaban J connectivity index is 2.44. The number of aliphatic carboxylic acids is 1. The summed E-state index contributed by atoms with van der Waals surface area (Å²) in [5.41, 5.74) is 0.887. The maximum absolute atomic E-state index is 10.9. The molecule has 0 aliphatic rings. The lowest BCUT2D eigenvalue weighted by Crippen LogP contribution is -2.14. The highest BCUT2D eigenvalue weighted by Gasteiger charge is 2.26. The molecule has 1 aromatic heterocycles. The maximum Gasteiger partial charge on any atom is 0.320 e. The van der Waals surface area contributed by atoms with Gasteiger partial charge in [0.15, 0.2) is 5.92 Å². The Bertz CT molecular complexity index is 574. The highest BCUT2D eigenvalue weighted by Crippen LogP contribution is 2.25. The molecular weight excluding hydrogens is 234 g/mol. The molecule has 2 rings (SSSR count). The van der Waals surface area contributed by atoms with Crippen molar-refractivity contribution in [1.82, 2.24) is 4.98 Å². The van der Waals surface area contributed by atoms with Crippen molar-refractivity contribution in [2.75, 3.05) is 0 Å². The van der Waals surface area contributed by atoms with Gasteiger partial charge in [0.05, 0.1) is 0 Å². The van der Waals surface area contributed by atoms with E-state index in [1.54, 1.807) is 19.1 Å². The number of carbonyl (C=O) groups is 2. The van der Waals surface area contributed by atoms with Crippen LogP contribution < -0.4 is 0 Å². The lowest BCUT2D eigenvalue weighted by Gasteiger charge is -1.99. The molecule has 0 radical (unpaired) electrons. The van der Waals surface area contributed by atoms with Crippen molar-refractivity contribution in [2.24, 2.45) is 0 Å². The standard InChI is InChI=1S/C13H11NO4/c1-8-11(10(7-15)13(16)17)14-12(18-8)9-5-3-2-4-6-9/h2-7,10H,1H3,(H,16,17). The second-order valence-corrected chi connectivity index (χ2v) is 3.78. The van der Waals surface area contributed by atoms with Crippen LogP contribution in [0.4, 0.5) is 0 Å². The average Bonchev–Trinajstić information content (AvgIpc) is 2.73. The van der Waals surface area contributed by atoms with Crippen LogP contribution in [-0.4, -0.2) is 22.3 Å². The van der Waals surface area contributed by atoms with Crippen molar-refractivity contribution in [3.63, 3.8) is 0 Å². The van der Waals surface area contributed by atoms with Crippen molar-refractivity contribution in [3.05, 3.63) is 41.8 Å². The first-order chi connectivity index (χ1) is 8.63. The predicted molar refractivity (Wildman–Crippen MR) is 63.1 cm³/mol. The molecule has 0 saturated carbocycles. The van der Waals surface area contributed by atoms with Crippen molar-refractivity contribution >= 4 is 12.3 Å². The van der Waals surface area contributed by atoms with Gasteiger partial charge in [-0.1, -0.05) is 18.2 Å². The number of benzene rings is 1. The molecule has 5 nitrogen and oxygen atoms in total. The second kappa shape index (κ2) is 4.83. The summed E-state index contributed by atoms with van der Waals surface area (Å²) >= 11 is 0. The zero-order valence-electron chi connectivity index (χ0n) is 9.66. The Hall–Kier alpha value is -2.43. The van der Waals surface area contributed by atoms with Crippen molar-refractivity contribution in [3.8, 4) is 11.5 Å². The third-order valence-corrected chi connectivity index (χ3v) is 2.55. The molecule has 0 aliphatic carbocycles. The predicted octanol–water partition coefficient (Wildman–Crippen LogP) is 2.02. The van der Waals surface area contributed by atoms with E-state index in [9.17, 15) is 9.59 Å². The van der Waals surface area contributed by atoms with E-state index < -0.39 is 11.9 Å². The number of nitrogens with zero attached hydrogens (tertiary/aromatic N) is 1. The van der Waals surface area contributed by atoms with Gasteiger partial charge < -0.3 is 14.3 Å². The zero-order valence-corrected chi connectivity index (χ0v) is 9.66. The number of carboxylic acids is 1. The molecule has 5 heteroatoms. The van der Waals surface area contributed by atoms with Gasteiger partial charge in [-0.2, -0.15) is 0 Å².